The van der Waals surface area contributed by atoms with Crippen molar-refractivity contribution in [3.8, 4) is 0 Å². The molecule has 1 N–H and O–H groups in total. The van der Waals surface area contributed by atoms with E-state index >= 15 is 0 Å². The molecule has 1 saturated carbocycles. The van der Waals surface area contributed by atoms with Crippen LogP contribution in [0.15, 0.2) is 30.5 Å². The monoisotopic (exact) mass is 310 g/mol. The molecule has 1 atom stereocenters. The molecule has 1 saturated heterocycles. The maximum Gasteiger partial charge on any atom is 0.147 e. The van der Waals surface area contributed by atoms with Crippen LogP contribution >= 0.6 is 0 Å². The van der Waals surface area contributed by atoms with Crippen molar-refractivity contribution in [3.05, 3.63) is 30.5 Å². The Morgan fingerprint density at radius 3 is 2.78 bits per heavy atom. The highest BCUT2D eigenvalue weighted by Crippen LogP contribution is 2.28. The number of fused-ring (bicyclic) bond motifs is 1. The van der Waals surface area contributed by atoms with Gasteiger partial charge in [0.05, 0.1) is 17.2 Å². The largest absolute Gasteiger partial charge is 0.352 e. The molecule has 0 radical (unpaired) electrons. The third kappa shape index (κ3) is 3.47. The fourth-order valence-corrected chi connectivity index (χ4v) is 4.12. The second kappa shape index (κ2) is 6.83. The number of nitrogens with one attached hydrogen (secondary N) is 1. The highest BCUT2D eigenvalue weighted by molar-refractivity contribution is 5.75. The summed E-state index contributed by atoms with van der Waals surface area (Å²) in [5, 5.41) is 3.71. The molecule has 0 bridgehead atoms. The minimum Gasteiger partial charge on any atom is -0.352 e. The Bertz CT molecular complexity index is 651. The highest BCUT2D eigenvalue weighted by Gasteiger charge is 2.24. The van der Waals surface area contributed by atoms with Gasteiger partial charge in [0.15, 0.2) is 0 Å². The van der Waals surface area contributed by atoms with Crippen molar-refractivity contribution >= 4 is 16.9 Å². The number of anilines is 1. The molecule has 1 aromatic carbocycles. The summed E-state index contributed by atoms with van der Waals surface area (Å²) in [5.41, 5.74) is 1.97. The van der Waals surface area contributed by atoms with Crippen LogP contribution in [-0.2, 0) is 0 Å². The molecule has 1 aromatic heterocycles. The van der Waals surface area contributed by atoms with Crippen LogP contribution in [0.25, 0.3) is 11.0 Å². The first-order valence-corrected chi connectivity index (χ1v) is 9.08. The van der Waals surface area contributed by atoms with Crippen LogP contribution in [0.3, 0.4) is 0 Å². The second-order valence-electron chi connectivity index (χ2n) is 7.05. The molecule has 1 unspecified atom stereocenters. The molecule has 23 heavy (non-hydrogen) atoms. The van der Waals surface area contributed by atoms with Gasteiger partial charge in [0.2, 0.25) is 0 Å². The van der Waals surface area contributed by atoms with Crippen molar-refractivity contribution in [1.29, 1.82) is 0 Å². The van der Waals surface area contributed by atoms with Crippen LogP contribution in [0.1, 0.15) is 38.5 Å². The Labute approximate surface area is 138 Å². The van der Waals surface area contributed by atoms with Gasteiger partial charge in [-0.2, -0.15) is 0 Å². The van der Waals surface area contributed by atoms with E-state index in [-0.39, 0.29) is 0 Å². The van der Waals surface area contributed by atoms with Crippen LogP contribution in [0, 0.1) is 5.92 Å². The standard InChI is InChI=1S/C19H26N4/c1-2-6-15(7-3-1)12-16-14-23(11-10-20-16)19-13-21-17-8-4-5-9-18(17)22-19/h4-5,8-9,13,15-16,20H,1-3,6-7,10-12,14H2. The van der Waals surface area contributed by atoms with Gasteiger partial charge in [-0.15, -0.1) is 0 Å². The predicted octanol–water partition coefficient (Wildman–Crippen LogP) is 3.38. The molecule has 0 spiro atoms. The maximum absolute atomic E-state index is 4.82. The lowest BCUT2D eigenvalue weighted by molar-refractivity contribution is 0.289. The summed E-state index contributed by atoms with van der Waals surface area (Å²) < 4.78 is 0. The summed E-state index contributed by atoms with van der Waals surface area (Å²) in [4.78, 5) is 11.8. The van der Waals surface area contributed by atoms with Gasteiger partial charge < -0.3 is 10.2 Å². The van der Waals surface area contributed by atoms with Gasteiger partial charge in [-0.1, -0.05) is 44.2 Å². The zero-order valence-corrected chi connectivity index (χ0v) is 13.7. The van der Waals surface area contributed by atoms with E-state index in [1.54, 1.807) is 0 Å². The van der Waals surface area contributed by atoms with E-state index in [1.807, 2.05) is 30.5 Å². The minimum atomic E-state index is 0.597. The Kier molecular flexibility index (Phi) is 4.42. The number of piperazine rings is 1. The molecule has 1 aliphatic heterocycles. The molecule has 2 fully saturated rings. The van der Waals surface area contributed by atoms with Crippen molar-refractivity contribution in [2.75, 3.05) is 24.5 Å². The van der Waals surface area contributed by atoms with E-state index < -0.39 is 0 Å². The molecule has 0 amide bonds. The number of nitrogens with zero attached hydrogens (tertiary/aromatic N) is 3. The zero-order valence-electron chi connectivity index (χ0n) is 13.7. The van der Waals surface area contributed by atoms with E-state index in [2.05, 4.69) is 15.2 Å². The highest BCUT2D eigenvalue weighted by atomic mass is 15.2. The molecule has 2 aliphatic rings. The molecule has 1 aliphatic carbocycles. The summed E-state index contributed by atoms with van der Waals surface area (Å²) >= 11 is 0. The van der Waals surface area contributed by atoms with Crippen molar-refractivity contribution in [1.82, 2.24) is 15.3 Å². The van der Waals surface area contributed by atoms with E-state index in [4.69, 9.17) is 4.98 Å². The first-order chi connectivity index (χ1) is 11.4. The fraction of sp³-hybridized carbons (Fsp3) is 0.579. The Hall–Kier alpha value is -1.68. The van der Waals surface area contributed by atoms with Crippen LogP contribution in [0.5, 0.6) is 0 Å². The lowest BCUT2D eigenvalue weighted by atomic mass is 9.84. The average molecular weight is 310 g/mol. The van der Waals surface area contributed by atoms with E-state index in [1.165, 1.54) is 38.5 Å². The lowest BCUT2D eigenvalue weighted by Crippen LogP contribution is -2.51. The first-order valence-electron chi connectivity index (χ1n) is 9.08. The number of hydrogen-bond acceptors (Lipinski definition) is 4. The van der Waals surface area contributed by atoms with Gasteiger partial charge in [0.25, 0.3) is 0 Å². The molecule has 4 heteroatoms. The summed E-state index contributed by atoms with van der Waals surface area (Å²) in [6, 6.07) is 8.72. The van der Waals surface area contributed by atoms with Crippen LogP contribution < -0.4 is 10.2 Å². The Morgan fingerprint density at radius 1 is 1.09 bits per heavy atom. The van der Waals surface area contributed by atoms with E-state index in [9.17, 15) is 0 Å². The normalized spacial score (nSPS) is 23.3. The average Bonchev–Trinajstić information content (AvgIpc) is 2.62. The molecule has 122 valence electrons. The van der Waals surface area contributed by atoms with E-state index in [0.29, 0.717) is 6.04 Å². The first kappa shape index (κ1) is 14.9. The molecular weight excluding hydrogens is 284 g/mol. The summed E-state index contributed by atoms with van der Waals surface area (Å²) in [7, 11) is 0. The van der Waals surface area contributed by atoms with Gasteiger partial charge in [0, 0.05) is 25.7 Å². The van der Waals surface area contributed by atoms with Gasteiger partial charge in [0.1, 0.15) is 5.82 Å². The summed E-state index contributed by atoms with van der Waals surface area (Å²) in [6.45, 7) is 3.13. The topological polar surface area (TPSA) is 41.1 Å². The van der Waals surface area contributed by atoms with Crippen molar-refractivity contribution in [2.24, 2.45) is 5.92 Å². The Balaban J connectivity index is 1.45. The number of hydrogen-bond donors (Lipinski definition) is 1. The summed E-state index contributed by atoms with van der Waals surface area (Å²) in [6.07, 6.45) is 10.4. The quantitative estimate of drug-likeness (QED) is 0.943. The lowest BCUT2D eigenvalue weighted by Gasteiger charge is -2.36. The molecule has 2 aromatic rings. The second-order valence-corrected chi connectivity index (χ2v) is 7.05. The smallest absolute Gasteiger partial charge is 0.147 e. The molecule has 4 rings (SSSR count). The van der Waals surface area contributed by atoms with E-state index in [0.717, 1.165) is 42.4 Å². The van der Waals surface area contributed by atoms with Crippen LogP contribution in [-0.4, -0.2) is 35.6 Å². The zero-order chi connectivity index (χ0) is 15.5. The number of para-hydroxylation sites is 2. The SMILES string of the molecule is c1ccc2nc(N3CCNC(CC4CCCCC4)C3)cnc2c1. The Morgan fingerprint density at radius 2 is 1.91 bits per heavy atom. The minimum absolute atomic E-state index is 0.597. The fourth-order valence-electron chi connectivity index (χ4n) is 4.12. The molecular formula is C19H26N4. The number of rotatable bonds is 3. The van der Waals surface area contributed by atoms with Gasteiger partial charge in [-0.25, -0.2) is 4.98 Å². The van der Waals surface area contributed by atoms with Crippen LogP contribution in [0.2, 0.25) is 0 Å². The predicted molar refractivity (Wildman–Crippen MR) is 94.7 cm³/mol. The summed E-state index contributed by atoms with van der Waals surface area (Å²) in [5.74, 6) is 1.95. The number of aromatic nitrogens is 2. The van der Waals surface area contributed by atoms with Gasteiger partial charge in [-0.3, -0.25) is 4.98 Å². The van der Waals surface area contributed by atoms with Gasteiger partial charge in [-0.05, 0) is 24.5 Å². The van der Waals surface area contributed by atoms with Crippen molar-refractivity contribution in [3.63, 3.8) is 0 Å². The third-order valence-corrected chi connectivity index (χ3v) is 5.36. The van der Waals surface area contributed by atoms with Gasteiger partial charge >= 0.3 is 0 Å². The maximum atomic E-state index is 4.82. The van der Waals surface area contributed by atoms with Crippen LogP contribution in [0.4, 0.5) is 5.82 Å². The van der Waals surface area contributed by atoms with Crippen molar-refractivity contribution in [2.45, 2.75) is 44.6 Å². The molecule has 4 nitrogen and oxygen atoms in total. The van der Waals surface area contributed by atoms with Crippen molar-refractivity contribution < 1.29 is 0 Å². The molecule has 2 heterocycles. The number of benzene rings is 1. The third-order valence-electron chi connectivity index (χ3n) is 5.36.